The van der Waals surface area contributed by atoms with Gasteiger partial charge in [-0.15, -0.1) is 0 Å². The van der Waals surface area contributed by atoms with Crippen LogP contribution in [0.3, 0.4) is 0 Å². The summed E-state index contributed by atoms with van der Waals surface area (Å²) in [4.78, 5) is 14.6. The van der Waals surface area contributed by atoms with E-state index in [4.69, 9.17) is 0 Å². The molecule has 0 radical (unpaired) electrons. The van der Waals surface area contributed by atoms with Gasteiger partial charge in [0.2, 0.25) is 0 Å². The van der Waals surface area contributed by atoms with Crippen LogP contribution in [0.1, 0.15) is 50.6 Å². The van der Waals surface area contributed by atoms with Crippen LogP contribution in [0.15, 0.2) is 24.4 Å². The summed E-state index contributed by atoms with van der Waals surface area (Å²) in [6, 6.07) is 2.01. The molecule has 1 aliphatic rings. The van der Waals surface area contributed by atoms with Crippen LogP contribution in [0.25, 0.3) is 0 Å². The van der Waals surface area contributed by atoms with E-state index in [0.29, 0.717) is 12.2 Å². The van der Waals surface area contributed by atoms with Crippen LogP contribution in [0, 0.1) is 5.41 Å². The van der Waals surface area contributed by atoms with E-state index in [1.165, 1.54) is 0 Å². The summed E-state index contributed by atoms with van der Waals surface area (Å²) in [6.07, 6.45) is 6.97. The molecule has 0 N–H and O–H groups in total. The van der Waals surface area contributed by atoms with Crippen molar-refractivity contribution < 1.29 is 4.79 Å². The molecular weight excluding hydrogens is 238 g/mol. The Balaban J connectivity index is 2.23. The number of carbonyl (C=O) groups is 1. The first kappa shape index (κ1) is 13.8. The molecule has 0 saturated heterocycles. The van der Waals surface area contributed by atoms with Gasteiger partial charge in [-0.2, -0.15) is 5.10 Å². The zero-order valence-corrected chi connectivity index (χ0v) is 12.3. The molecular formula is C15H23N3O. The fourth-order valence-corrected chi connectivity index (χ4v) is 2.46. The van der Waals surface area contributed by atoms with Gasteiger partial charge in [-0.1, -0.05) is 26.0 Å². The van der Waals surface area contributed by atoms with Crippen LogP contribution in [0.2, 0.25) is 0 Å². The minimum Gasteiger partial charge on any atom is -0.333 e. The second-order valence-electron chi connectivity index (χ2n) is 6.28. The average Bonchev–Trinajstić information content (AvgIpc) is 2.74. The van der Waals surface area contributed by atoms with Crippen LogP contribution < -0.4 is 0 Å². The highest BCUT2D eigenvalue weighted by Gasteiger charge is 2.27. The smallest absolute Gasteiger partial charge is 0.272 e. The predicted octanol–water partition coefficient (Wildman–Crippen LogP) is 2.89. The van der Waals surface area contributed by atoms with Gasteiger partial charge in [0.25, 0.3) is 5.91 Å². The number of hydrogen-bond donors (Lipinski definition) is 0. The van der Waals surface area contributed by atoms with Gasteiger partial charge < -0.3 is 4.90 Å². The summed E-state index contributed by atoms with van der Waals surface area (Å²) >= 11 is 0. The molecule has 4 heteroatoms. The number of hydrogen-bond acceptors (Lipinski definition) is 2. The minimum atomic E-state index is 0.0748. The van der Waals surface area contributed by atoms with E-state index in [1.54, 1.807) is 10.9 Å². The largest absolute Gasteiger partial charge is 0.333 e. The molecule has 0 bridgehead atoms. The molecule has 0 aliphatic carbocycles. The standard InChI is InChI=1S/C15H23N3O/c1-12(2)18-13(7-9-16-18)14(19)17-10-6-5-8-15(3,4)11-17/h5-7,9,12H,8,10-11H2,1-4H3. The number of aromatic nitrogens is 2. The van der Waals surface area contributed by atoms with Gasteiger partial charge in [-0.25, -0.2) is 0 Å². The second kappa shape index (κ2) is 5.19. The minimum absolute atomic E-state index is 0.0748. The van der Waals surface area contributed by atoms with E-state index in [-0.39, 0.29) is 17.4 Å². The van der Waals surface area contributed by atoms with Crippen LogP contribution in [0.5, 0.6) is 0 Å². The molecule has 2 heterocycles. The van der Waals surface area contributed by atoms with Crippen molar-refractivity contribution in [3.8, 4) is 0 Å². The van der Waals surface area contributed by atoms with Crippen molar-refractivity contribution in [3.05, 3.63) is 30.1 Å². The van der Waals surface area contributed by atoms with E-state index in [9.17, 15) is 4.79 Å². The summed E-state index contributed by atoms with van der Waals surface area (Å²) < 4.78 is 1.80. The SMILES string of the molecule is CC(C)n1nccc1C(=O)N1CC=CCC(C)(C)C1. The number of carbonyl (C=O) groups excluding carboxylic acids is 1. The van der Waals surface area contributed by atoms with E-state index >= 15 is 0 Å². The third kappa shape index (κ3) is 3.06. The maximum atomic E-state index is 12.7. The molecule has 0 aromatic carbocycles. The van der Waals surface area contributed by atoms with Crippen molar-refractivity contribution in [3.63, 3.8) is 0 Å². The Bertz CT molecular complexity index is 485. The van der Waals surface area contributed by atoms with Gasteiger partial charge in [-0.05, 0) is 31.7 Å². The monoisotopic (exact) mass is 261 g/mol. The van der Waals surface area contributed by atoms with Crippen LogP contribution in [0.4, 0.5) is 0 Å². The van der Waals surface area contributed by atoms with Crippen molar-refractivity contribution in [2.75, 3.05) is 13.1 Å². The fourth-order valence-electron chi connectivity index (χ4n) is 2.46. The Morgan fingerprint density at radius 2 is 2.11 bits per heavy atom. The van der Waals surface area contributed by atoms with E-state index < -0.39 is 0 Å². The van der Waals surface area contributed by atoms with E-state index in [2.05, 4.69) is 31.1 Å². The van der Waals surface area contributed by atoms with Crippen molar-refractivity contribution >= 4 is 5.91 Å². The number of allylic oxidation sites excluding steroid dienone is 1. The third-order valence-corrected chi connectivity index (χ3v) is 3.45. The van der Waals surface area contributed by atoms with Crippen LogP contribution in [-0.2, 0) is 0 Å². The van der Waals surface area contributed by atoms with Gasteiger partial charge in [0.15, 0.2) is 0 Å². The first-order valence-electron chi connectivity index (χ1n) is 6.88. The van der Waals surface area contributed by atoms with E-state index in [0.717, 1.165) is 13.0 Å². The molecule has 0 unspecified atom stereocenters. The maximum Gasteiger partial charge on any atom is 0.272 e. The summed E-state index contributed by atoms with van der Waals surface area (Å²) in [5.41, 5.74) is 0.812. The Labute approximate surface area is 115 Å². The molecule has 0 fully saturated rings. The molecule has 0 atom stereocenters. The van der Waals surface area contributed by atoms with E-state index in [1.807, 2.05) is 24.8 Å². The van der Waals surface area contributed by atoms with Crippen molar-refractivity contribution in [2.24, 2.45) is 5.41 Å². The molecule has 2 rings (SSSR count). The third-order valence-electron chi connectivity index (χ3n) is 3.45. The summed E-state index contributed by atoms with van der Waals surface area (Å²) in [5, 5.41) is 4.24. The zero-order valence-electron chi connectivity index (χ0n) is 12.3. The van der Waals surface area contributed by atoms with Crippen molar-refractivity contribution in [1.29, 1.82) is 0 Å². The Kier molecular flexibility index (Phi) is 3.78. The first-order valence-corrected chi connectivity index (χ1v) is 6.88. The molecule has 0 saturated carbocycles. The highest BCUT2D eigenvalue weighted by Crippen LogP contribution is 2.25. The highest BCUT2D eigenvalue weighted by molar-refractivity contribution is 5.92. The molecule has 19 heavy (non-hydrogen) atoms. The van der Waals surface area contributed by atoms with Crippen LogP contribution >= 0.6 is 0 Å². The van der Waals surface area contributed by atoms with Gasteiger partial charge in [0.1, 0.15) is 5.69 Å². The average molecular weight is 261 g/mol. The van der Waals surface area contributed by atoms with Gasteiger partial charge in [0, 0.05) is 25.3 Å². The summed E-state index contributed by atoms with van der Waals surface area (Å²) in [6.45, 7) is 9.94. The summed E-state index contributed by atoms with van der Waals surface area (Å²) in [5.74, 6) is 0.0748. The lowest BCUT2D eigenvalue weighted by atomic mass is 9.89. The highest BCUT2D eigenvalue weighted by atomic mass is 16.2. The Morgan fingerprint density at radius 1 is 1.37 bits per heavy atom. The fraction of sp³-hybridized carbons (Fsp3) is 0.600. The normalized spacial score (nSPS) is 18.7. The molecule has 1 aromatic heterocycles. The molecule has 4 nitrogen and oxygen atoms in total. The van der Waals surface area contributed by atoms with Gasteiger partial charge >= 0.3 is 0 Å². The lowest BCUT2D eigenvalue weighted by Gasteiger charge is -2.29. The Hall–Kier alpha value is -1.58. The molecule has 1 aromatic rings. The molecule has 1 amide bonds. The van der Waals surface area contributed by atoms with Gasteiger partial charge in [-0.3, -0.25) is 9.48 Å². The lowest BCUT2D eigenvalue weighted by molar-refractivity contribution is 0.0702. The maximum absolute atomic E-state index is 12.7. The lowest BCUT2D eigenvalue weighted by Crippen LogP contribution is -2.38. The molecule has 0 spiro atoms. The predicted molar refractivity (Wildman–Crippen MR) is 76.1 cm³/mol. The second-order valence-corrected chi connectivity index (χ2v) is 6.28. The van der Waals surface area contributed by atoms with Crippen molar-refractivity contribution in [2.45, 2.75) is 40.2 Å². The van der Waals surface area contributed by atoms with Crippen LogP contribution in [-0.4, -0.2) is 33.7 Å². The number of nitrogens with zero attached hydrogens (tertiary/aromatic N) is 3. The summed E-state index contributed by atoms with van der Waals surface area (Å²) in [7, 11) is 0. The molecule has 1 aliphatic heterocycles. The number of amides is 1. The number of rotatable bonds is 2. The molecule has 104 valence electrons. The van der Waals surface area contributed by atoms with Gasteiger partial charge in [0.05, 0.1) is 0 Å². The zero-order chi connectivity index (χ0) is 14.0. The van der Waals surface area contributed by atoms with Crippen molar-refractivity contribution in [1.82, 2.24) is 14.7 Å². The first-order chi connectivity index (χ1) is 8.91. The Morgan fingerprint density at radius 3 is 2.79 bits per heavy atom. The topological polar surface area (TPSA) is 38.1 Å². The quantitative estimate of drug-likeness (QED) is 0.768.